The first-order valence-corrected chi connectivity index (χ1v) is 7.00. The first kappa shape index (κ1) is 13.9. The van der Waals surface area contributed by atoms with E-state index in [0.717, 1.165) is 16.7 Å². The lowest BCUT2D eigenvalue weighted by Gasteiger charge is -2.11. The van der Waals surface area contributed by atoms with Crippen molar-refractivity contribution >= 4 is 16.8 Å². The van der Waals surface area contributed by atoms with E-state index < -0.39 is 22.0 Å². The Morgan fingerprint density at radius 3 is 2.59 bits per heavy atom. The number of aliphatic carboxylic acids is 1. The average molecular weight is 254 g/mol. The van der Waals surface area contributed by atoms with E-state index in [1.165, 1.54) is 0 Å². The van der Waals surface area contributed by atoms with Crippen molar-refractivity contribution in [2.24, 2.45) is 0 Å². The lowest BCUT2D eigenvalue weighted by molar-refractivity contribution is -0.136. The summed E-state index contributed by atoms with van der Waals surface area (Å²) in [4.78, 5) is 10.9. The van der Waals surface area contributed by atoms with E-state index in [0.29, 0.717) is 12.2 Å². The average Bonchev–Trinajstić information content (AvgIpc) is 2.24. The zero-order valence-electron chi connectivity index (χ0n) is 10.4. The van der Waals surface area contributed by atoms with Gasteiger partial charge in [-0.15, -0.1) is 0 Å². The van der Waals surface area contributed by atoms with Gasteiger partial charge >= 0.3 is 5.97 Å². The van der Waals surface area contributed by atoms with Crippen molar-refractivity contribution in [2.75, 3.05) is 0 Å². The molecule has 0 radical (unpaired) electrons. The van der Waals surface area contributed by atoms with Gasteiger partial charge in [-0.1, -0.05) is 30.7 Å². The molecule has 3 nitrogen and oxygen atoms in total. The molecule has 4 heteroatoms. The molecule has 0 fully saturated rings. The first-order chi connectivity index (χ1) is 7.95. The summed E-state index contributed by atoms with van der Waals surface area (Å²) in [7, 11) is -1.36. The Kier molecular flexibility index (Phi) is 4.87. The minimum atomic E-state index is -1.36. The highest BCUT2D eigenvalue weighted by Gasteiger charge is 2.22. The Morgan fingerprint density at radius 1 is 1.41 bits per heavy atom. The van der Waals surface area contributed by atoms with Gasteiger partial charge in [-0.05, 0) is 31.4 Å². The summed E-state index contributed by atoms with van der Waals surface area (Å²) < 4.78 is 12.0. The SMILES string of the molecule is CCC(C(=O)O)S(=O)Cc1cc(C)ccc1C. The van der Waals surface area contributed by atoms with Crippen LogP contribution in [0.4, 0.5) is 0 Å². The molecule has 2 unspecified atom stereocenters. The smallest absolute Gasteiger partial charge is 0.319 e. The Morgan fingerprint density at radius 2 is 2.06 bits per heavy atom. The van der Waals surface area contributed by atoms with Gasteiger partial charge in [0.2, 0.25) is 0 Å². The van der Waals surface area contributed by atoms with Crippen molar-refractivity contribution in [3.8, 4) is 0 Å². The Labute approximate surface area is 104 Å². The van der Waals surface area contributed by atoms with Gasteiger partial charge in [-0.25, -0.2) is 0 Å². The fourth-order valence-electron chi connectivity index (χ4n) is 1.68. The van der Waals surface area contributed by atoms with E-state index in [1.807, 2.05) is 32.0 Å². The standard InChI is InChI=1S/C13H18O3S/c1-4-12(13(14)15)17(16)8-11-7-9(2)5-6-10(11)3/h5-7,12H,4,8H2,1-3H3,(H,14,15). The summed E-state index contributed by atoms with van der Waals surface area (Å²) in [6.45, 7) is 5.67. The number of hydrogen-bond acceptors (Lipinski definition) is 2. The highest BCUT2D eigenvalue weighted by atomic mass is 32.2. The third-order valence-corrected chi connectivity index (χ3v) is 4.53. The fourth-order valence-corrected chi connectivity index (χ4v) is 3.10. The van der Waals surface area contributed by atoms with Crippen LogP contribution in [-0.4, -0.2) is 20.5 Å². The van der Waals surface area contributed by atoms with E-state index in [2.05, 4.69) is 0 Å². The van der Waals surface area contributed by atoms with Gasteiger partial charge in [0, 0.05) is 16.6 Å². The maximum Gasteiger partial charge on any atom is 0.319 e. The summed E-state index contributed by atoms with van der Waals surface area (Å²) in [6, 6.07) is 5.95. The molecule has 1 aromatic carbocycles. The second-order valence-electron chi connectivity index (χ2n) is 4.19. The second kappa shape index (κ2) is 5.96. The van der Waals surface area contributed by atoms with Crippen LogP contribution in [-0.2, 0) is 21.3 Å². The molecule has 1 N–H and O–H groups in total. The van der Waals surface area contributed by atoms with Crippen LogP contribution in [0.2, 0.25) is 0 Å². The molecule has 1 aromatic rings. The van der Waals surface area contributed by atoms with E-state index in [-0.39, 0.29) is 0 Å². The van der Waals surface area contributed by atoms with Crippen LogP contribution < -0.4 is 0 Å². The molecule has 0 aliphatic carbocycles. The number of carboxylic acid groups (broad SMARTS) is 1. The van der Waals surface area contributed by atoms with Crippen LogP contribution in [0, 0.1) is 13.8 Å². The van der Waals surface area contributed by atoms with Crippen molar-refractivity contribution in [2.45, 2.75) is 38.2 Å². The molecule has 0 saturated heterocycles. The molecule has 1 rings (SSSR count). The van der Waals surface area contributed by atoms with Crippen LogP contribution in [0.3, 0.4) is 0 Å². The van der Waals surface area contributed by atoms with Crippen molar-refractivity contribution in [1.29, 1.82) is 0 Å². The maximum atomic E-state index is 12.0. The van der Waals surface area contributed by atoms with Crippen LogP contribution in [0.25, 0.3) is 0 Å². The Balaban J connectivity index is 2.87. The highest BCUT2D eigenvalue weighted by molar-refractivity contribution is 7.85. The summed E-state index contributed by atoms with van der Waals surface area (Å²) in [6.07, 6.45) is 0.396. The number of hydrogen-bond donors (Lipinski definition) is 1. The largest absolute Gasteiger partial charge is 0.480 e. The zero-order chi connectivity index (χ0) is 13.0. The Bertz CT molecular complexity index is 440. The number of rotatable bonds is 5. The van der Waals surface area contributed by atoms with E-state index in [9.17, 15) is 9.00 Å². The predicted octanol–water partition coefficient (Wildman–Crippen LogP) is 2.42. The predicted molar refractivity (Wildman–Crippen MR) is 69.5 cm³/mol. The molecule has 2 atom stereocenters. The lowest BCUT2D eigenvalue weighted by atomic mass is 10.1. The van der Waals surface area contributed by atoms with Crippen molar-refractivity contribution < 1.29 is 14.1 Å². The normalized spacial score (nSPS) is 14.3. The molecule has 0 saturated carbocycles. The summed E-state index contributed by atoms with van der Waals surface area (Å²) in [5, 5.41) is 8.18. The molecular weight excluding hydrogens is 236 g/mol. The molecule has 0 bridgehead atoms. The quantitative estimate of drug-likeness (QED) is 0.878. The third-order valence-electron chi connectivity index (χ3n) is 2.77. The van der Waals surface area contributed by atoms with Gasteiger partial charge in [-0.3, -0.25) is 9.00 Å². The fraction of sp³-hybridized carbons (Fsp3) is 0.462. The van der Waals surface area contributed by atoms with Gasteiger partial charge in [-0.2, -0.15) is 0 Å². The molecule has 0 spiro atoms. The topological polar surface area (TPSA) is 54.4 Å². The van der Waals surface area contributed by atoms with Crippen LogP contribution >= 0.6 is 0 Å². The van der Waals surface area contributed by atoms with Gasteiger partial charge < -0.3 is 5.11 Å². The van der Waals surface area contributed by atoms with Crippen molar-refractivity contribution in [1.82, 2.24) is 0 Å². The third kappa shape index (κ3) is 3.66. The molecule has 94 valence electrons. The Hall–Kier alpha value is -1.16. The molecular formula is C13H18O3S. The molecule has 17 heavy (non-hydrogen) atoms. The number of aryl methyl sites for hydroxylation is 2. The molecule has 0 aliphatic rings. The van der Waals surface area contributed by atoms with Gasteiger partial charge in [0.1, 0.15) is 5.25 Å². The summed E-state index contributed by atoms with van der Waals surface area (Å²) in [5.74, 6) is -0.658. The maximum absolute atomic E-state index is 12.0. The monoisotopic (exact) mass is 254 g/mol. The first-order valence-electron chi connectivity index (χ1n) is 5.61. The van der Waals surface area contributed by atoms with E-state index >= 15 is 0 Å². The van der Waals surface area contributed by atoms with Crippen LogP contribution in [0.1, 0.15) is 30.0 Å². The molecule has 0 amide bonds. The number of carbonyl (C=O) groups is 1. The van der Waals surface area contributed by atoms with Crippen LogP contribution in [0.15, 0.2) is 18.2 Å². The summed E-state index contributed by atoms with van der Waals surface area (Å²) >= 11 is 0. The highest BCUT2D eigenvalue weighted by Crippen LogP contribution is 2.15. The van der Waals surface area contributed by atoms with E-state index in [1.54, 1.807) is 6.92 Å². The number of carboxylic acids is 1. The minimum Gasteiger partial charge on any atom is -0.480 e. The molecule has 0 heterocycles. The molecule has 0 aromatic heterocycles. The number of benzene rings is 1. The van der Waals surface area contributed by atoms with Crippen molar-refractivity contribution in [3.05, 3.63) is 34.9 Å². The van der Waals surface area contributed by atoms with E-state index in [4.69, 9.17) is 5.11 Å². The minimum absolute atomic E-state index is 0.318. The lowest BCUT2D eigenvalue weighted by Crippen LogP contribution is -2.25. The van der Waals surface area contributed by atoms with Crippen molar-refractivity contribution in [3.63, 3.8) is 0 Å². The van der Waals surface area contributed by atoms with Gasteiger partial charge in [0.15, 0.2) is 0 Å². The van der Waals surface area contributed by atoms with Gasteiger partial charge in [0.05, 0.1) is 0 Å². The van der Waals surface area contributed by atoms with Gasteiger partial charge in [0.25, 0.3) is 0 Å². The van der Waals surface area contributed by atoms with Crippen LogP contribution in [0.5, 0.6) is 0 Å². The summed E-state index contributed by atoms with van der Waals surface area (Å²) in [5.41, 5.74) is 3.14. The molecule has 0 aliphatic heterocycles. The second-order valence-corrected chi connectivity index (χ2v) is 5.81. The zero-order valence-corrected chi connectivity index (χ0v) is 11.2.